The van der Waals surface area contributed by atoms with Crippen LogP contribution in [0, 0.1) is 17.0 Å². The molecule has 0 spiro atoms. The fourth-order valence-corrected chi connectivity index (χ4v) is 4.73. The van der Waals surface area contributed by atoms with Crippen LogP contribution in [0.1, 0.15) is 12.5 Å². The maximum atomic E-state index is 13.4. The molecule has 0 fully saturated rings. The zero-order chi connectivity index (χ0) is 25.6. The van der Waals surface area contributed by atoms with Crippen LogP contribution in [0.5, 0.6) is 11.5 Å². The van der Waals surface area contributed by atoms with Crippen LogP contribution in [-0.2, 0) is 14.6 Å². The Morgan fingerprint density at radius 3 is 2.34 bits per heavy atom. The van der Waals surface area contributed by atoms with Crippen molar-refractivity contribution in [2.24, 2.45) is 0 Å². The molecule has 0 saturated heterocycles. The Labute approximate surface area is 203 Å². The zero-order valence-electron chi connectivity index (χ0n) is 19.4. The van der Waals surface area contributed by atoms with Crippen LogP contribution in [0.2, 0.25) is 0 Å². The summed E-state index contributed by atoms with van der Waals surface area (Å²) in [6.45, 7) is 3.69. The number of aryl methyl sites for hydroxylation is 1. The Morgan fingerprint density at radius 2 is 1.71 bits per heavy atom. The van der Waals surface area contributed by atoms with Crippen LogP contribution in [0.25, 0.3) is 0 Å². The molecule has 0 saturated carbocycles. The van der Waals surface area contributed by atoms with E-state index in [1.165, 1.54) is 38.3 Å². The molecule has 10 nitrogen and oxygen atoms in total. The molecule has 3 aromatic rings. The number of benzene rings is 3. The van der Waals surface area contributed by atoms with E-state index in [1.807, 2.05) is 6.92 Å². The van der Waals surface area contributed by atoms with Gasteiger partial charge in [0.05, 0.1) is 40.7 Å². The van der Waals surface area contributed by atoms with Gasteiger partial charge in [0.15, 0.2) is 0 Å². The number of carbonyl (C=O) groups excluding carboxylic acids is 1. The maximum Gasteiger partial charge on any atom is 0.273 e. The minimum atomic E-state index is -4.18. The zero-order valence-corrected chi connectivity index (χ0v) is 20.2. The lowest BCUT2D eigenvalue weighted by Crippen LogP contribution is -2.22. The summed E-state index contributed by atoms with van der Waals surface area (Å²) in [5, 5.41) is 16.9. The first kappa shape index (κ1) is 25.5. The van der Waals surface area contributed by atoms with Gasteiger partial charge in [-0.2, -0.15) is 0 Å². The van der Waals surface area contributed by atoms with Gasteiger partial charge in [-0.1, -0.05) is 6.07 Å². The number of carbonyl (C=O) groups is 1. The lowest BCUT2D eigenvalue weighted by Gasteiger charge is -2.14. The number of nitrogens with zero attached hydrogens (tertiary/aromatic N) is 1. The summed E-state index contributed by atoms with van der Waals surface area (Å²) in [5.41, 5.74) is 0.729. The van der Waals surface area contributed by atoms with Gasteiger partial charge in [0.1, 0.15) is 11.5 Å². The van der Waals surface area contributed by atoms with Crippen molar-refractivity contribution in [1.29, 1.82) is 0 Å². The molecule has 184 valence electrons. The monoisotopic (exact) mass is 499 g/mol. The van der Waals surface area contributed by atoms with E-state index < -0.39 is 20.7 Å². The number of nitro benzene ring substituents is 1. The molecule has 0 aliphatic rings. The fourth-order valence-electron chi connectivity index (χ4n) is 3.26. The molecule has 0 aliphatic heterocycles. The molecule has 2 N–H and O–H groups in total. The number of hydrogen-bond donors (Lipinski definition) is 2. The Balaban J connectivity index is 1.84. The van der Waals surface area contributed by atoms with Gasteiger partial charge in [-0.25, -0.2) is 8.42 Å². The molecule has 0 bridgehead atoms. The van der Waals surface area contributed by atoms with E-state index in [2.05, 4.69) is 10.6 Å². The lowest BCUT2D eigenvalue weighted by atomic mass is 10.2. The van der Waals surface area contributed by atoms with E-state index in [0.29, 0.717) is 23.6 Å². The van der Waals surface area contributed by atoms with Crippen LogP contribution < -0.4 is 20.1 Å². The Bertz CT molecular complexity index is 1340. The second-order valence-corrected chi connectivity index (χ2v) is 9.35. The molecule has 1 amide bonds. The number of nitrogens with one attached hydrogen (secondary N) is 2. The van der Waals surface area contributed by atoms with E-state index in [9.17, 15) is 23.3 Å². The van der Waals surface area contributed by atoms with E-state index in [-0.39, 0.29) is 33.5 Å². The summed E-state index contributed by atoms with van der Waals surface area (Å²) in [6.07, 6.45) is 0. The van der Waals surface area contributed by atoms with Gasteiger partial charge in [-0.3, -0.25) is 14.9 Å². The van der Waals surface area contributed by atoms with Crippen molar-refractivity contribution in [3.63, 3.8) is 0 Å². The molecular weight excluding hydrogens is 474 g/mol. The van der Waals surface area contributed by atoms with Crippen molar-refractivity contribution in [2.45, 2.75) is 23.6 Å². The van der Waals surface area contributed by atoms with Gasteiger partial charge >= 0.3 is 0 Å². The Kier molecular flexibility index (Phi) is 7.92. The average molecular weight is 500 g/mol. The van der Waals surface area contributed by atoms with Gasteiger partial charge in [0.25, 0.3) is 5.69 Å². The van der Waals surface area contributed by atoms with E-state index in [4.69, 9.17) is 9.47 Å². The summed E-state index contributed by atoms with van der Waals surface area (Å²) in [4.78, 5) is 22.7. The second-order valence-electron chi connectivity index (χ2n) is 7.43. The summed E-state index contributed by atoms with van der Waals surface area (Å²) < 4.78 is 37.3. The summed E-state index contributed by atoms with van der Waals surface area (Å²) in [7, 11) is -2.80. The van der Waals surface area contributed by atoms with E-state index >= 15 is 0 Å². The molecule has 0 radical (unpaired) electrons. The highest BCUT2D eigenvalue weighted by atomic mass is 32.2. The predicted molar refractivity (Wildman–Crippen MR) is 131 cm³/mol. The van der Waals surface area contributed by atoms with Crippen LogP contribution in [0.3, 0.4) is 0 Å². The van der Waals surface area contributed by atoms with Gasteiger partial charge < -0.3 is 20.1 Å². The van der Waals surface area contributed by atoms with Gasteiger partial charge in [0.2, 0.25) is 15.7 Å². The van der Waals surface area contributed by atoms with E-state index in [0.717, 1.165) is 6.07 Å². The quantitative estimate of drug-likeness (QED) is 0.313. The molecule has 0 atom stereocenters. The molecule has 0 unspecified atom stereocenters. The minimum Gasteiger partial charge on any atom is -0.497 e. The number of methoxy groups -OCH3 is 1. The Morgan fingerprint density at radius 1 is 1.03 bits per heavy atom. The third-order valence-electron chi connectivity index (χ3n) is 5.05. The SMILES string of the molecule is CCOc1ccc(NC(=O)CNc2ccc(OC)cc2S(=O)(=O)c2ccc(C)c([N+](=O)[O-])c2)cc1. The lowest BCUT2D eigenvalue weighted by molar-refractivity contribution is -0.385. The first-order valence-corrected chi connectivity index (χ1v) is 12.1. The van der Waals surface area contributed by atoms with Crippen molar-refractivity contribution in [3.05, 3.63) is 76.3 Å². The number of hydrogen-bond acceptors (Lipinski definition) is 8. The van der Waals surface area contributed by atoms with Crippen LogP contribution in [0.15, 0.2) is 70.5 Å². The number of ether oxygens (including phenoxy) is 2. The van der Waals surface area contributed by atoms with Crippen LogP contribution in [0.4, 0.5) is 17.1 Å². The van der Waals surface area contributed by atoms with Crippen molar-refractivity contribution < 1.29 is 27.6 Å². The van der Waals surface area contributed by atoms with Crippen molar-refractivity contribution in [3.8, 4) is 11.5 Å². The molecule has 11 heteroatoms. The molecule has 3 rings (SSSR count). The predicted octanol–water partition coefficient (Wildman–Crippen LogP) is 4.19. The summed E-state index contributed by atoms with van der Waals surface area (Å²) in [6, 6.07) is 14.8. The summed E-state index contributed by atoms with van der Waals surface area (Å²) in [5.74, 6) is 0.543. The average Bonchev–Trinajstić information content (AvgIpc) is 2.84. The van der Waals surface area contributed by atoms with Crippen molar-refractivity contribution >= 4 is 32.8 Å². The number of nitro groups is 1. The topological polar surface area (TPSA) is 137 Å². The van der Waals surface area contributed by atoms with Crippen LogP contribution in [-0.4, -0.2) is 39.5 Å². The first-order valence-electron chi connectivity index (χ1n) is 10.6. The maximum absolute atomic E-state index is 13.4. The number of anilines is 2. The van der Waals surface area contributed by atoms with Gasteiger partial charge in [-0.05, 0) is 56.3 Å². The number of sulfone groups is 1. The summed E-state index contributed by atoms with van der Waals surface area (Å²) >= 11 is 0. The third-order valence-corrected chi connectivity index (χ3v) is 6.85. The van der Waals surface area contributed by atoms with Gasteiger partial charge in [-0.15, -0.1) is 0 Å². The molecule has 0 heterocycles. The Hall–Kier alpha value is -4.12. The molecule has 3 aromatic carbocycles. The third kappa shape index (κ3) is 6.07. The largest absolute Gasteiger partial charge is 0.497 e. The standard InChI is InChI=1S/C24H25N3O7S/c1-4-34-18-8-6-17(7-9-18)26-24(28)15-25-21-12-10-19(33-3)13-23(21)35(31,32)20-11-5-16(2)22(14-20)27(29)30/h5-14,25H,4,15H2,1-3H3,(H,26,28). The second kappa shape index (κ2) is 10.9. The number of rotatable bonds is 10. The molecule has 0 aliphatic carbocycles. The van der Waals surface area contributed by atoms with Crippen LogP contribution >= 0.6 is 0 Å². The smallest absolute Gasteiger partial charge is 0.273 e. The molecule has 0 aromatic heterocycles. The highest BCUT2D eigenvalue weighted by molar-refractivity contribution is 7.91. The molecular formula is C24H25N3O7S. The van der Waals surface area contributed by atoms with Crippen molar-refractivity contribution in [1.82, 2.24) is 0 Å². The fraction of sp³-hybridized carbons (Fsp3) is 0.208. The van der Waals surface area contributed by atoms with Crippen molar-refractivity contribution in [2.75, 3.05) is 30.9 Å². The van der Waals surface area contributed by atoms with Gasteiger partial charge in [0, 0.05) is 23.4 Å². The van der Waals surface area contributed by atoms with E-state index in [1.54, 1.807) is 30.3 Å². The normalized spacial score (nSPS) is 10.9. The highest BCUT2D eigenvalue weighted by Gasteiger charge is 2.25. The highest BCUT2D eigenvalue weighted by Crippen LogP contribution is 2.33. The first-order chi connectivity index (χ1) is 16.6. The number of amides is 1. The minimum absolute atomic E-state index is 0.149. The molecule has 35 heavy (non-hydrogen) atoms.